The molecule has 1 aliphatic heterocycles. The van der Waals surface area contributed by atoms with Crippen molar-refractivity contribution in [2.24, 2.45) is 0 Å². The minimum absolute atomic E-state index is 0.0452. The van der Waals surface area contributed by atoms with Gasteiger partial charge in [0.2, 0.25) is 0 Å². The van der Waals surface area contributed by atoms with Crippen LogP contribution in [-0.4, -0.2) is 31.1 Å². The van der Waals surface area contributed by atoms with Crippen LogP contribution in [0.15, 0.2) is 48.2 Å². The highest BCUT2D eigenvalue weighted by atomic mass is 16.5. The van der Waals surface area contributed by atoms with Crippen molar-refractivity contribution in [1.29, 1.82) is 0 Å². The molecule has 0 fully saturated rings. The van der Waals surface area contributed by atoms with Crippen LogP contribution in [0.4, 0.5) is 5.69 Å². The van der Waals surface area contributed by atoms with Crippen LogP contribution < -0.4 is 14.4 Å². The molecule has 0 aliphatic carbocycles. The number of aryl methyl sites for hydroxylation is 1. The SMILES string of the molecule is COc1ccc(C2=C(O)C(=O)N(c3cc(C)ccc3OC)C2=O)cc1. The van der Waals surface area contributed by atoms with Crippen LogP contribution in [0.1, 0.15) is 11.1 Å². The maximum atomic E-state index is 12.9. The second-order valence-corrected chi connectivity index (χ2v) is 5.57. The number of amides is 2. The average molecular weight is 339 g/mol. The van der Waals surface area contributed by atoms with E-state index in [-0.39, 0.29) is 5.57 Å². The number of carbonyl (C=O) groups is 2. The average Bonchev–Trinajstić information content (AvgIpc) is 2.84. The van der Waals surface area contributed by atoms with Gasteiger partial charge in [-0.1, -0.05) is 18.2 Å². The van der Waals surface area contributed by atoms with Crippen LogP contribution in [0.25, 0.3) is 5.57 Å². The van der Waals surface area contributed by atoms with Gasteiger partial charge in [-0.25, -0.2) is 4.90 Å². The Hall–Kier alpha value is -3.28. The summed E-state index contributed by atoms with van der Waals surface area (Å²) in [7, 11) is 2.98. The molecule has 0 radical (unpaired) electrons. The molecule has 3 rings (SSSR count). The number of anilines is 1. The maximum absolute atomic E-state index is 12.9. The van der Waals surface area contributed by atoms with Gasteiger partial charge < -0.3 is 14.6 Å². The van der Waals surface area contributed by atoms with Gasteiger partial charge in [0.15, 0.2) is 5.76 Å². The number of ether oxygens (including phenoxy) is 2. The van der Waals surface area contributed by atoms with Crippen molar-refractivity contribution in [3.63, 3.8) is 0 Å². The number of imide groups is 1. The van der Waals surface area contributed by atoms with Gasteiger partial charge in [-0.3, -0.25) is 9.59 Å². The first-order chi connectivity index (χ1) is 12.0. The van der Waals surface area contributed by atoms with Gasteiger partial charge >= 0.3 is 5.91 Å². The Morgan fingerprint density at radius 2 is 1.60 bits per heavy atom. The lowest BCUT2D eigenvalue weighted by Gasteiger charge is -2.18. The number of aliphatic hydroxyl groups excluding tert-OH is 1. The number of benzene rings is 2. The van der Waals surface area contributed by atoms with Crippen molar-refractivity contribution in [2.75, 3.05) is 19.1 Å². The van der Waals surface area contributed by atoms with Crippen molar-refractivity contribution in [3.8, 4) is 11.5 Å². The fraction of sp³-hybridized carbons (Fsp3) is 0.158. The van der Waals surface area contributed by atoms with Crippen LogP contribution in [0.2, 0.25) is 0 Å². The summed E-state index contributed by atoms with van der Waals surface area (Å²) in [5.74, 6) is -0.982. The lowest BCUT2D eigenvalue weighted by molar-refractivity contribution is -0.121. The monoisotopic (exact) mass is 339 g/mol. The normalized spacial score (nSPS) is 14.3. The van der Waals surface area contributed by atoms with E-state index in [0.717, 1.165) is 10.5 Å². The van der Waals surface area contributed by atoms with Crippen LogP contribution in [0.5, 0.6) is 11.5 Å². The fourth-order valence-electron chi connectivity index (χ4n) is 2.73. The van der Waals surface area contributed by atoms with E-state index >= 15 is 0 Å². The second kappa shape index (κ2) is 6.32. The molecule has 1 aliphatic rings. The number of carbonyl (C=O) groups excluding carboxylic acids is 2. The summed E-state index contributed by atoms with van der Waals surface area (Å²) in [5.41, 5.74) is 1.54. The molecule has 1 heterocycles. The van der Waals surface area contributed by atoms with Crippen LogP contribution in [-0.2, 0) is 9.59 Å². The number of nitrogens with zero attached hydrogens (tertiary/aromatic N) is 1. The Balaban J connectivity index is 2.06. The molecule has 0 spiro atoms. The summed E-state index contributed by atoms with van der Waals surface area (Å²) < 4.78 is 10.3. The van der Waals surface area contributed by atoms with Crippen LogP contribution in [0, 0.1) is 6.92 Å². The Bertz CT molecular complexity index is 883. The highest BCUT2D eigenvalue weighted by Gasteiger charge is 2.41. The van der Waals surface area contributed by atoms with Gasteiger partial charge in [0.1, 0.15) is 11.5 Å². The van der Waals surface area contributed by atoms with Gasteiger partial charge in [0.05, 0.1) is 25.5 Å². The van der Waals surface area contributed by atoms with E-state index in [0.29, 0.717) is 22.7 Å². The van der Waals surface area contributed by atoms with Crippen LogP contribution >= 0.6 is 0 Å². The standard InChI is InChI=1S/C19H17NO5/c1-11-4-9-15(25-3)14(10-11)20-18(22)16(17(21)19(20)23)12-5-7-13(24-2)8-6-12/h4-10,21H,1-3H3. The Morgan fingerprint density at radius 3 is 2.20 bits per heavy atom. The number of hydrogen-bond donors (Lipinski definition) is 1. The zero-order chi connectivity index (χ0) is 18.1. The number of hydrogen-bond acceptors (Lipinski definition) is 5. The largest absolute Gasteiger partial charge is 0.502 e. The number of aliphatic hydroxyl groups is 1. The van der Waals surface area contributed by atoms with Gasteiger partial charge in [-0.15, -0.1) is 0 Å². The highest BCUT2D eigenvalue weighted by molar-refractivity contribution is 6.45. The van der Waals surface area contributed by atoms with Crippen LogP contribution in [0.3, 0.4) is 0 Å². The van der Waals surface area contributed by atoms with E-state index in [1.165, 1.54) is 14.2 Å². The summed E-state index contributed by atoms with van der Waals surface area (Å²) in [6, 6.07) is 11.7. The van der Waals surface area contributed by atoms with E-state index < -0.39 is 17.6 Å². The first-order valence-corrected chi connectivity index (χ1v) is 7.59. The van der Waals surface area contributed by atoms with Crippen molar-refractivity contribution < 1.29 is 24.2 Å². The molecule has 0 aromatic heterocycles. The predicted octanol–water partition coefficient (Wildman–Crippen LogP) is 2.85. The maximum Gasteiger partial charge on any atom is 0.301 e. The third-order valence-corrected chi connectivity index (χ3v) is 4.01. The molecule has 2 amide bonds. The molecule has 6 nitrogen and oxygen atoms in total. The molecule has 25 heavy (non-hydrogen) atoms. The van der Waals surface area contributed by atoms with E-state index in [1.54, 1.807) is 36.4 Å². The lowest BCUT2D eigenvalue weighted by Crippen LogP contribution is -2.32. The Kier molecular flexibility index (Phi) is 4.19. The molecule has 1 N–H and O–H groups in total. The van der Waals surface area contributed by atoms with Gasteiger partial charge in [0.25, 0.3) is 5.91 Å². The molecule has 0 bridgehead atoms. The molecule has 2 aromatic rings. The zero-order valence-electron chi connectivity index (χ0n) is 14.1. The molecule has 6 heteroatoms. The van der Waals surface area contributed by atoms with E-state index in [2.05, 4.69) is 0 Å². The Morgan fingerprint density at radius 1 is 0.920 bits per heavy atom. The quantitative estimate of drug-likeness (QED) is 0.867. The van der Waals surface area contributed by atoms with Crippen molar-refractivity contribution in [3.05, 3.63) is 59.4 Å². The fourth-order valence-corrected chi connectivity index (χ4v) is 2.73. The topological polar surface area (TPSA) is 76.1 Å². The molecule has 0 atom stereocenters. The summed E-state index contributed by atoms with van der Waals surface area (Å²) in [4.78, 5) is 26.3. The minimum Gasteiger partial charge on any atom is -0.502 e. The third kappa shape index (κ3) is 2.71. The third-order valence-electron chi connectivity index (χ3n) is 4.01. The van der Waals surface area contributed by atoms with E-state index in [9.17, 15) is 14.7 Å². The van der Waals surface area contributed by atoms with Crippen molar-refractivity contribution in [1.82, 2.24) is 0 Å². The summed E-state index contributed by atoms with van der Waals surface area (Å²) in [6.07, 6.45) is 0. The van der Waals surface area contributed by atoms with Gasteiger partial charge in [-0.05, 0) is 42.3 Å². The van der Waals surface area contributed by atoms with Crippen molar-refractivity contribution >= 4 is 23.1 Å². The smallest absolute Gasteiger partial charge is 0.301 e. The summed E-state index contributed by atoms with van der Waals surface area (Å²) >= 11 is 0. The molecule has 128 valence electrons. The Labute approximate surface area is 144 Å². The highest BCUT2D eigenvalue weighted by Crippen LogP contribution is 2.37. The molecule has 0 unspecified atom stereocenters. The zero-order valence-corrected chi connectivity index (χ0v) is 14.1. The number of rotatable bonds is 4. The molecular formula is C19H17NO5. The lowest BCUT2D eigenvalue weighted by atomic mass is 10.1. The summed E-state index contributed by atoms with van der Waals surface area (Å²) in [5, 5.41) is 10.3. The van der Waals surface area contributed by atoms with E-state index in [1.807, 2.05) is 13.0 Å². The molecular weight excluding hydrogens is 322 g/mol. The first kappa shape index (κ1) is 16.6. The molecule has 2 aromatic carbocycles. The first-order valence-electron chi connectivity index (χ1n) is 7.59. The second-order valence-electron chi connectivity index (χ2n) is 5.57. The molecule has 0 saturated heterocycles. The minimum atomic E-state index is -0.778. The predicted molar refractivity (Wildman–Crippen MR) is 92.8 cm³/mol. The van der Waals surface area contributed by atoms with E-state index in [4.69, 9.17) is 9.47 Å². The molecule has 0 saturated carbocycles. The van der Waals surface area contributed by atoms with Gasteiger partial charge in [-0.2, -0.15) is 0 Å². The number of methoxy groups -OCH3 is 2. The van der Waals surface area contributed by atoms with Gasteiger partial charge in [0, 0.05) is 0 Å². The summed E-state index contributed by atoms with van der Waals surface area (Å²) in [6.45, 7) is 1.84. The van der Waals surface area contributed by atoms with Crippen molar-refractivity contribution in [2.45, 2.75) is 6.92 Å².